The number of hydrogen-bond donors (Lipinski definition) is 1. The number of ether oxygens (including phenoxy) is 1. The van der Waals surface area contributed by atoms with Crippen LogP contribution in [0.25, 0.3) is 17.1 Å². The molecule has 3 aromatic rings. The quantitative estimate of drug-likeness (QED) is 0.556. The number of nitrogens with one attached hydrogen (secondary N) is 1. The lowest BCUT2D eigenvalue weighted by molar-refractivity contribution is -0.116. The SMILES string of the molecule is Cc1ccccc1OCCNC(=O)C=Cc1cnc2ccccc2n1. The van der Waals surface area contributed by atoms with Crippen molar-refractivity contribution in [3.8, 4) is 5.75 Å². The second-order valence-electron chi connectivity index (χ2n) is 5.52. The van der Waals surface area contributed by atoms with Gasteiger partial charge in [0.2, 0.25) is 5.91 Å². The summed E-state index contributed by atoms with van der Waals surface area (Å²) < 4.78 is 5.64. The summed E-state index contributed by atoms with van der Waals surface area (Å²) in [6, 6.07) is 15.4. The van der Waals surface area contributed by atoms with Crippen LogP contribution in [-0.2, 0) is 4.79 Å². The molecule has 5 nitrogen and oxygen atoms in total. The van der Waals surface area contributed by atoms with Gasteiger partial charge in [-0.05, 0) is 36.8 Å². The molecular weight excluding hydrogens is 314 g/mol. The molecule has 0 atom stereocenters. The average molecular weight is 333 g/mol. The molecule has 2 aromatic carbocycles. The Morgan fingerprint density at radius 1 is 1.12 bits per heavy atom. The Balaban J connectivity index is 1.48. The number of aryl methyl sites for hydroxylation is 1. The number of fused-ring (bicyclic) bond motifs is 1. The number of hydrogen-bond acceptors (Lipinski definition) is 4. The third-order valence-electron chi connectivity index (χ3n) is 3.63. The van der Waals surface area contributed by atoms with Crippen molar-refractivity contribution in [3.63, 3.8) is 0 Å². The molecule has 0 radical (unpaired) electrons. The molecule has 0 fully saturated rings. The van der Waals surface area contributed by atoms with Gasteiger partial charge >= 0.3 is 0 Å². The normalized spacial score (nSPS) is 10.9. The molecule has 0 saturated carbocycles. The van der Waals surface area contributed by atoms with Crippen molar-refractivity contribution < 1.29 is 9.53 Å². The fourth-order valence-electron chi connectivity index (χ4n) is 2.33. The van der Waals surface area contributed by atoms with E-state index in [1.807, 2.05) is 55.5 Å². The van der Waals surface area contributed by atoms with Gasteiger partial charge in [0.1, 0.15) is 12.4 Å². The van der Waals surface area contributed by atoms with E-state index in [1.165, 1.54) is 6.08 Å². The van der Waals surface area contributed by atoms with Gasteiger partial charge in [-0.25, -0.2) is 4.98 Å². The van der Waals surface area contributed by atoms with Gasteiger partial charge < -0.3 is 10.1 Å². The molecule has 0 aliphatic rings. The highest BCUT2D eigenvalue weighted by Gasteiger charge is 2.00. The van der Waals surface area contributed by atoms with Crippen molar-refractivity contribution in [1.82, 2.24) is 15.3 Å². The fraction of sp³-hybridized carbons (Fsp3) is 0.150. The Bertz CT molecular complexity index is 906. The minimum atomic E-state index is -0.191. The van der Waals surface area contributed by atoms with Crippen LogP contribution < -0.4 is 10.1 Å². The summed E-state index contributed by atoms with van der Waals surface area (Å²) in [6.07, 6.45) is 4.75. The predicted molar refractivity (Wildman–Crippen MR) is 98.3 cm³/mol. The molecule has 25 heavy (non-hydrogen) atoms. The second-order valence-corrected chi connectivity index (χ2v) is 5.52. The zero-order valence-corrected chi connectivity index (χ0v) is 14.0. The molecule has 1 N–H and O–H groups in total. The summed E-state index contributed by atoms with van der Waals surface area (Å²) in [4.78, 5) is 20.6. The number of para-hydroxylation sites is 3. The lowest BCUT2D eigenvalue weighted by Gasteiger charge is -2.08. The van der Waals surface area contributed by atoms with Crippen molar-refractivity contribution in [3.05, 3.63) is 72.1 Å². The minimum Gasteiger partial charge on any atom is -0.491 e. The molecule has 0 bridgehead atoms. The van der Waals surface area contributed by atoms with E-state index >= 15 is 0 Å². The largest absolute Gasteiger partial charge is 0.491 e. The van der Waals surface area contributed by atoms with Gasteiger partial charge in [-0.2, -0.15) is 0 Å². The van der Waals surface area contributed by atoms with Crippen LogP contribution in [-0.4, -0.2) is 29.0 Å². The maximum Gasteiger partial charge on any atom is 0.244 e. The van der Waals surface area contributed by atoms with Gasteiger partial charge in [0.05, 0.1) is 29.5 Å². The third kappa shape index (κ3) is 4.64. The lowest BCUT2D eigenvalue weighted by Crippen LogP contribution is -2.26. The van der Waals surface area contributed by atoms with E-state index in [-0.39, 0.29) is 5.91 Å². The van der Waals surface area contributed by atoms with E-state index in [1.54, 1.807) is 12.3 Å². The number of rotatable bonds is 6. The number of benzene rings is 2. The summed E-state index contributed by atoms with van der Waals surface area (Å²) in [6.45, 7) is 2.84. The Morgan fingerprint density at radius 3 is 2.72 bits per heavy atom. The first kappa shape index (κ1) is 16.6. The predicted octanol–water partition coefficient (Wildman–Crippen LogP) is 3.15. The molecule has 0 saturated heterocycles. The van der Waals surface area contributed by atoms with Crippen molar-refractivity contribution in [1.29, 1.82) is 0 Å². The van der Waals surface area contributed by atoms with Gasteiger partial charge in [0.25, 0.3) is 0 Å². The summed E-state index contributed by atoms with van der Waals surface area (Å²) in [5.41, 5.74) is 3.35. The number of carbonyl (C=O) groups is 1. The number of carbonyl (C=O) groups excluding carboxylic acids is 1. The van der Waals surface area contributed by atoms with Crippen molar-refractivity contribution in [2.24, 2.45) is 0 Å². The first-order chi connectivity index (χ1) is 12.2. The second kappa shape index (κ2) is 8.06. The first-order valence-electron chi connectivity index (χ1n) is 8.08. The molecule has 1 aromatic heterocycles. The van der Waals surface area contributed by atoms with Crippen LogP contribution in [0.2, 0.25) is 0 Å². The zero-order valence-electron chi connectivity index (χ0n) is 14.0. The standard InChI is InChI=1S/C20H19N3O2/c1-15-6-2-5-9-19(15)25-13-12-21-20(24)11-10-16-14-22-17-7-3-4-8-18(17)23-16/h2-11,14H,12-13H2,1H3,(H,21,24). The van der Waals surface area contributed by atoms with Crippen LogP contribution in [0.4, 0.5) is 0 Å². The molecule has 1 amide bonds. The van der Waals surface area contributed by atoms with Crippen LogP contribution in [0.1, 0.15) is 11.3 Å². The van der Waals surface area contributed by atoms with E-state index in [2.05, 4.69) is 15.3 Å². The molecule has 1 heterocycles. The Labute approximate surface area is 146 Å². The van der Waals surface area contributed by atoms with Crippen LogP contribution in [0.3, 0.4) is 0 Å². The summed E-state index contributed by atoms with van der Waals surface area (Å²) in [5.74, 6) is 0.641. The van der Waals surface area contributed by atoms with Crippen LogP contribution in [0, 0.1) is 6.92 Å². The summed E-state index contributed by atoms with van der Waals surface area (Å²) in [5, 5.41) is 2.78. The Morgan fingerprint density at radius 2 is 1.88 bits per heavy atom. The van der Waals surface area contributed by atoms with Crippen molar-refractivity contribution >= 4 is 23.0 Å². The van der Waals surface area contributed by atoms with Crippen molar-refractivity contribution in [2.45, 2.75) is 6.92 Å². The zero-order chi connectivity index (χ0) is 17.5. The Kier molecular flexibility index (Phi) is 5.36. The maximum atomic E-state index is 11.9. The van der Waals surface area contributed by atoms with E-state index < -0.39 is 0 Å². The monoisotopic (exact) mass is 333 g/mol. The molecule has 3 rings (SSSR count). The molecule has 0 aliphatic carbocycles. The van der Waals surface area contributed by atoms with Gasteiger partial charge in [-0.1, -0.05) is 30.3 Å². The van der Waals surface area contributed by atoms with Gasteiger partial charge in [-0.3, -0.25) is 9.78 Å². The number of aromatic nitrogens is 2. The van der Waals surface area contributed by atoms with Gasteiger partial charge in [0.15, 0.2) is 0 Å². The van der Waals surface area contributed by atoms with E-state index in [0.29, 0.717) is 18.8 Å². The van der Waals surface area contributed by atoms with E-state index in [4.69, 9.17) is 4.74 Å². The molecule has 0 aliphatic heterocycles. The lowest BCUT2D eigenvalue weighted by atomic mass is 10.2. The highest BCUT2D eigenvalue weighted by molar-refractivity contribution is 5.91. The topological polar surface area (TPSA) is 64.1 Å². The number of nitrogens with zero attached hydrogens (tertiary/aromatic N) is 2. The number of amides is 1. The van der Waals surface area contributed by atoms with Crippen molar-refractivity contribution in [2.75, 3.05) is 13.2 Å². The highest BCUT2D eigenvalue weighted by atomic mass is 16.5. The molecule has 0 spiro atoms. The van der Waals surface area contributed by atoms with E-state index in [0.717, 1.165) is 22.3 Å². The molecule has 126 valence electrons. The summed E-state index contributed by atoms with van der Waals surface area (Å²) in [7, 11) is 0. The molecular formula is C20H19N3O2. The average Bonchev–Trinajstić information content (AvgIpc) is 2.64. The van der Waals surface area contributed by atoms with Gasteiger partial charge in [-0.15, -0.1) is 0 Å². The minimum absolute atomic E-state index is 0.191. The third-order valence-corrected chi connectivity index (χ3v) is 3.63. The molecule has 0 unspecified atom stereocenters. The smallest absolute Gasteiger partial charge is 0.244 e. The highest BCUT2D eigenvalue weighted by Crippen LogP contribution is 2.15. The van der Waals surface area contributed by atoms with E-state index in [9.17, 15) is 4.79 Å². The van der Waals surface area contributed by atoms with Gasteiger partial charge in [0, 0.05) is 6.08 Å². The van der Waals surface area contributed by atoms with Crippen LogP contribution in [0.15, 0.2) is 60.8 Å². The fourth-order valence-corrected chi connectivity index (χ4v) is 2.33. The first-order valence-corrected chi connectivity index (χ1v) is 8.08. The Hall–Kier alpha value is -3.21. The van der Waals surface area contributed by atoms with Crippen LogP contribution >= 0.6 is 0 Å². The maximum absolute atomic E-state index is 11.9. The van der Waals surface area contributed by atoms with Crippen LogP contribution in [0.5, 0.6) is 5.75 Å². The molecule has 5 heteroatoms. The summed E-state index contributed by atoms with van der Waals surface area (Å²) >= 11 is 0.